The number of amides is 3. The summed E-state index contributed by atoms with van der Waals surface area (Å²) in [6, 6.07) is 6.66. The summed E-state index contributed by atoms with van der Waals surface area (Å²) in [6.45, 7) is 0. The smallest absolute Gasteiger partial charge is 0.259 e. The van der Waals surface area contributed by atoms with Crippen LogP contribution in [0.5, 0.6) is 0 Å². The summed E-state index contributed by atoms with van der Waals surface area (Å²) in [5, 5.41) is 13.4. The van der Waals surface area contributed by atoms with Gasteiger partial charge in [0.05, 0.1) is 5.69 Å². The van der Waals surface area contributed by atoms with Gasteiger partial charge in [-0.25, -0.2) is 0 Å². The molecule has 2 heterocycles. The fourth-order valence-corrected chi connectivity index (χ4v) is 3.52. The monoisotopic (exact) mass is 320 g/mol. The lowest BCUT2D eigenvalue weighted by molar-refractivity contribution is -0.134. The van der Waals surface area contributed by atoms with Crippen LogP contribution in [0, 0.1) is 0 Å². The topological polar surface area (TPSA) is 86.7 Å². The van der Waals surface area contributed by atoms with Gasteiger partial charge in [-0.05, 0) is 29.5 Å². The molecule has 2 aromatic carbocycles. The van der Waals surface area contributed by atoms with Gasteiger partial charge in [-0.3, -0.25) is 24.6 Å². The van der Waals surface area contributed by atoms with Crippen LogP contribution < -0.4 is 10.2 Å². The van der Waals surface area contributed by atoms with Gasteiger partial charge in [0.15, 0.2) is 0 Å². The quantitative estimate of drug-likeness (QED) is 0.632. The Kier molecular flexibility index (Phi) is 3.21. The second kappa shape index (κ2) is 5.17. The van der Waals surface area contributed by atoms with Gasteiger partial charge in [-0.2, -0.15) is 0 Å². The van der Waals surface area contributed by atoms with E-state index in [0.717, 1.165) is 0 Å². The molecule has 4 rings (SSSR count). The molecule has 2 aromatic rings. The Labute approximate surface area is 138 Å². The summed E-state index contributed by atoms with van der Waals surface area (Å²) in [7, 11) is 5.61. The molecule has 0 spiro atoms. The van der Waals surface area contributed by atoms with Gasteiger partial charge in [0.2, 0.25) is 11.8 Å². The maximum absolute atomic E-state index is 12.9. The molecular weight excluding hydrogens is 307 g/mol. The van der Waals surface area contributed by atoms with Gasteiger partial charge in [0.1, 0.15) is 13.9 Å². The zero-order chi connectivity index (χ0) is 17.0. The number of nitrogens with one attached hydrogen (secondary N) is 1. The van der Waals surface area contributed by atoms with Crippen molar-refractivity contribution in [2.45, 2.75) is 24.9 Å². The van der Waals surface area contributed by atoms with E-state index in [9.17, 15) is 19.5 Å². The van der Waals surface area contributed by atoms with Crippen molar-refractivity contribution in [2.24, 2.45) is 0 Å². The van der Waals surface area contributed by atoms with E-state index >= 15 is 0 Å². The first kappa shape index (κ1) is 14.9. The van der Waals surface area contributed by atoms with Crippen LogP contribution in [-0.4, -0.2) is 36.7 Å². The van der Waals surface area contributed by atoms with Crippen LogP contribution in [-0.2, 0) is 9.59 Å². The fourth-order valence-electron chi connectivity index (χ4n) is 3.52. The van der Waals surface area contributed by atoms with Crippen molar-refractivity contribution in [1.29, 1.82) is 0 Å². The molecule has 6 nitrogen and oxygen atoms in total. The first-order valence-corrected chi connectivity index (χ1v) is 7.65. The molecule has 1 fully saturated rings. The number of piperidine rings is 1. The minimum absolute atomic E-state index is 0.194. The summed E-state index contributed by atoms with van der Waals surface area (Å²) in [6.07, 6.45) is 0.479. The number of nitrogens with zero attached hydrogens (tertiary/aromatic N) is 1. The largest absolute Gasteiger partial charge is 0.398 e. The highest BCUT2D eigenvalue weighted by molar-refractivity contribution is 6.28. The third-order valence-corrected chi connectivity index (χ3v) is 4.60. The molecule has 1 saturated heterocycles. The summed E-state index contributed by atoms with van der Waals surface area (Å²) in [5.41, 5.74) is 1.59. The summed E-state index contributed by atoms with van der Waals surface area (Å²) >= 11 is 0. The maximum atomic E-state index is 12.9. The zero-order valence-electron chi connectivity index (χ0n) is 12.7. The molecule has 0 aliphatic carbocycles. The summed E-state index contributed by atoms with van der Waals surface area (Å²) in [5.74, 6) is -1.08. The second-order valence-electron chi connectivity index (χ2n) is 5.99. The van der Waals surface area contributed by atoms with Crippen molar-refractivity contribution in [3.63, 3.8) is 0 Å². The Hall–Kier alpha value is -2.67. The summed E-state index contributed by atoms with van der Waals surface area (Å²) < 4.78 is 0. The first-order valence-electron chi connectivity index (χ1n) is 7.65. The van der Waals surface area contributed by atoms with Gasteiger partial charge < -0.3 is 5.11 Å². The van der Waals surface area contributed by atoms with E-state index < -0.39 is 18.0 Å². The number of aliphatic hydroxyl groups is 1. The molecule has 2 unspecified atom stereocenters. The predicted molar refractivity (Wildman–Crippen MR) is 87.6 cm³/mol. The van der Waals surface area contributed by atoms with Crippen molar-refractivity contribution in [2.75, 3.05) is 4.90 Å². The molecule has 0 bridgehead atoms. The van der Waals surface area contributed by atoms with Crippen LogP contribution >= 0.6 is 0 Å². The van der Waals surface area contributed by atoms with E-state index in [1.165, 1.54) is 4.90 Å². The molecule has 118 valence electrons. The van der Waals surface area contributed by atoms with Crippen LogP contribution in [0.2, 0.25) is 0 Å². The first-order chi connectivity index (χ1) is 11.5. The normalized spacial score (nSPS) is 21.3. The van der Waals surface area contributed by atoms with E-state index in [2.05, 4.69) is 5.32 Å². The molecule has 0 aromatic heterocycles. The van der Waals surface area contributed by atoms with Crippen LogP contribution in [0.15, 0.2) is 30.3 Å². The molecule has 2 radical (unpaired) electrons. The number of hydrogen-bond donors (Lipinski definition) is 2. The van der Waals surface area contributed by atoms with Gasteiger partial charge in [-0.15, -0.1) is 0 Å². The Bertz CT molecular complexity index is 909. The molecule has 2 aliphatic rings. The zero-order valence-corrected chi connectivity index (χ0v) is 12.7. The third-order valence-electron chi connectivity index (χ3n) is 4.60. The van der Waals surface area contributed by atoms with Crippen molar-refractivity contribution in [1.82, 2.24) is 5.32 Å². The van der Waals surface area contributed by atoms with Crippen molar-refractivity contribution in [3.8, 4) is 0 Å². The van der Waals surface area contributed by atoms with Crippen LogP contribution in [0.1, 0.15) is 34.8 Å². The highest BCUT2D eigenvalue weighted by atomic mass is 16.3. The van der Waals surface area contributed by atoms with E-state index in [-0.39, 0.29) is 24.7 Å². The highest BCUT2D eigenvalue weighted by Gasteiger charge is 2.40. The lowest BCUT2D eigenvalue weighted by atomic mass is 9.88. The average Bonchev–Trinajstić information content (AvgIpc) is 2.82. The number of anilines is 1. The minimum atomic E-state index is -1.16. The Morgan fingerprint density at radius 1 is 1.21 bits per heavy atom. The second-order valence-corrected chi connectivity index (χ2v) is 5.99. The van der Waals surface area contributed by atoms with Gasteiger partial charge in [0, 0.05) is 23.4 Å². The lowest BCUT2D eigenvalue weighted by Gasteiger charge is -2.30. The lowest BCUT2D eigenvalue weighted by Crippen LogP contribution is -2.53. The Morgan fingerprint density at radius 3 is 2.71 bits per heavy atom. The van der Waals surface area contributed by atoms with E-state index in [1.54, 1.807) is 30.3 Å². The fraction of sp³-hybridized carbons (Fsp3) is 0.235. The molecule has 7 heteroatoms. The molecule has 0 saturated carbocycles. The molecule has 2 aliphatic heterocycles. The number of imide groups is 1. The number of hydrogen-bond acceptors (Lipinski definition) is 4. The number of aliphatic hydroxyl groups excluding tert-OH is 1. The van der Waals surface area contributed by atoms with Gasteiger partial charge >= 0.3 is 0 Å². The van der Waals surface area contributed by atoms with Gasteiger partial charge in [-0.1, -0.05) is 18.2 Å². The summed E-state index contributed by atoms with van der Waals surface area (Å²) in [4.78, 5) is 37.9. The number of benzene rings is 2. The van der Waals surface area contributed by atoms with Crippen molar-refractivity contribution < 1.29 is 19.5 Å². The van der Waals surface area contributed by atoms with Crippen molar-refractivity contribution >= 4 is 42.0 Å². The van der Waals surface area contributed by atoms with Crippen LogP contribution in [0.4, 0.5) is 5.69 Å². The third kappa shape index (κ3) is 1.98. The molecule has 3 amide bonds. The number of carbonyl (C=O) groups excluding carboxylic acids is 3. The molecular formula is C17H13BN2O4. The molecule has 2 atom stereocenters. The van der Waals surface area contributed by atoms with E-state index in [1.807, 2.05) is 0 Å². The van der Waals surface area contributed by atoms with Crippen molar-refractivity contribution in [3.05, 3.63) is 41.5 Å². The van der Waals surface area contributed by atoms with Crippen LogP contribution in [0.25, 0.3) is 10.8 Å². The SMILES string of the molecule is [B]C(O)c1ccc2c3c(cccc13)C(=O)N2C1CCC(=O)NC1=O. The van der Waals surface area contributed by atoms with Gasteiger partial charge in [0.25, 0.3) is 5.91 Å². The Balaban J connectivity index is 1.89. The molecule has 24 heavy (non-hydrogen) atoms. The number of carbonyl (C=O) groups is 3. The van der Waals surface area contributed by atoms with E-state index in [0.29, 0.717) is 27.6 Å². The Morgan fingerprint density at radius 2 is 2.00 bits per heavy atom. The standard InChI is InChI=1S/C17H13BN2O4/c18-15(22)9-4-5-11-14-8(9)2-1-3-10(14)17(24)20(11)12-6-7-13(21)19-16(12)23/h1-5,12,15,22H,6-7H2,(H,19,21,23). The molecule has 2 N–H and O–H groups in total. The number of rotatable bonds is 2. The van der Waals surface area contributed by atoms with E-state index in [4.69, 9.17) is 7.85 Å². The highest BCUT2D eigenvalue weighted by Crippen LogP contribution is 2.41. The van der Waals surface area contributed by atoms with Crippen LogP contribution in [0.3, 0.4) is 0 Å². The minimum Gasteiger partial charge on any atom is -0.398 e. The average molecular weight is 320 g/mol. The predicted octanol–water partition coefficient (Wildman–Crippen LogP) is 0.765. The maximum Gasteiger partial charge on any atom is 0.259 e.